The Morgan fingerprint density at radius 3 is 2.09 bits per heavy atom. The van der Waals surface area contributed by atoms with Crippen LogP contribution in [0, 0.1) is 5.92 Å². The van der Waals surface area contributed by atoms with Gasteiger partial charge in [0.1, 0.15) is 24.1 Å². The molecule has 1 atom stereocenters. The zero-order valence-electron chi connectivity index (χ0n) is 18.7. The number of nitrogens with one attached hydrogen (secondary N) is 1. The topological polar surface area (TPSA) is 102 Å². The molecule has 3 aromatic rings. The van der Waals surface area contributed by atoms with Crippen LogP contribution in [0.4, 0.5) is 0 Å². The van der Waals surface area contributed by atoms with Gasteiger partial charge in [-0.3, -0.25) is 4.79 Å². The summed E-state index contributed by atoms with van der Waals surface area (Å²) in [7, 11) is -2.33. The number of sulfonamides is 1. The molecule has 174 valence electrons. The third kappa shape index (κ3) is 6.34. The van der Waals surface area contributed by atoms with Crippen LogP contribution in [-0.2, 0) is 21.4 Å². The van der Waals surface area contributed by atoms with Gasteiger partial charge >= 0.3 is 5.97 Å². The molecule has 3 rings (SSSR count). The molecular formula is C25H27NO6S. The lowest BCUT2D eigenvalue weighted by Gasteiger charge is -2.18. The van der Waals surface area contributed by atoms with Crippen LogP contribution < -0.4 is 14.2 Å². The van der Waals surface area contributed by atoms with Gasteiger partial charge in [-0.2, -0.15) is 4.72 Å². The summed E-state index contributed by atoms with van der Waals surface area (Å²) < 4.78 is 38.5. The molecule has 0 radical (unpaired) electrons. The highest BCUT2D eigenvalue weighted by Gasteiger charge is 2.27. The Balaban J connectivity index is 1.67. The zero-order valence-corrected chi connectivity index (χ0v) is 19.5. The Hall–Kier alpha value is -3.36. The molecule has 2 N–H and O–H groups in total. The molecule has 0 aliphatic heterocycles. The van der Waals surface area contributed by atoms with Crippen LogP contribution in [-0.4, -0.2) is 32.6 Å². The number of methoxy groups -OCH3 is 1. The highest BCUT2D eigenvalue weighted by molar-refractivity contribution is 7.89. The number of carboxylic acid groups (broad SMARTS) is 1. The van der Waals surface area contributed by atoms with Crippen molar-refractivity contribution in [2.24, 2.45) is 5.92 Å². The number of carbonyl (C=O) groups is 1. The fraction of sp³-hybridized carbons (Fsp3) is 0.240. The summed E-state index contributed by atoms with van der Waals surface area (Å²) in [6.45, 7) is 3.70. The molecule has 0 saturated heterocycles. The molecule has 0 heterocycles. The Bertz CT molecular complexity index is 1190. The molecule has 0 aliphatic rings. The first-order chi connectivity index (χ1) is 15.7. The normalized spacial score (nSPS) is 12.4. The average molecular weight is 470 g/mol. The SMILES string of the molecule is COc1cccc(COc2ccc(-c3ccc(S(=O)(=O)N[C@@H](C(=O)O)C(C)C)cc3)cc2)c1. The van der Waals surface area contributed by atoms with Crippen LogP contribution in [0.1, 0.15) is 19.4 Å². The fourth-order valence-electron chi connectivity index (χ4n) is 3.21. The molecule has 0 unspecified atom stereocenters. The van der Waals surface area contributed by atoms with Crippen molar-refractivity contribution < 1.29 is 27.8 Å². The van der Waals surface area contributed by atoms with Gasteiger partial charge in [0.25, 0.3) is 0 Å². The second-order valence-electron chi connectivity index (χ2n) is 7.87. The molecule has 0 bridgehead atoms. The molecule has 0 spiro atoms. The fourth-order valence-corrected chi connectivity index (χ4v) is 4.54. The number of aliphatic carboxylic acids is 1. The third-order valence-electron chi connectivity index (χ3n) is 5.11. The number of ether oxygens (including phenoxy) is 2. The molecule has 7 nitrogen and oxygen atoms in total. The maximum absolute atomic E-state index is 12.6. The molecule has 0 aromatic heterocycles. The largest absolute Gasteiger partial charge is 0.497 e. The lowest BCUT2D eigenvalue weighted by molar-refractivity contribution is -0.140. The van der Waals surface area contributed by atoms with Crippen molar-refractivity contribution in [3.8, 4) is 22.6 Å². The van der Waals surface area contributed by atoms with Crippen molar-refractivity contribution in [3.05, 3.63) is 78.4 Å². The Kier molecular flexibility index (Phi) is 7.73. The zero-order chi connectivity index (χ0) is 24.0. The Morgan fingerprint density at radius 2 is 1.55 bits per heavy atom. The number of hydrogen-bond donors (Lipinski definition) is 2. The van der Waals surface area contributed by atoms with Gasteiger partial charge in [-0.15, -0.1) is 0 Å². The summed E-state index contributed by atoms with van der Waals surface area (Å²) in [5.41, 5.74) is 2.71. The smallest absolute Gasteiger partial charge is 0.322 e. The van der Waals surface area contributed by atoms with Gasteiger partial charge in [-0.25, -0.2) is 8.42 Å². The number of benzene rings is 3. The van der Waals surface area contributed by atoms with E-state index in [1.165, 1.54) is 12.1 Å². The van der Waals surface area contributed by atoms with Crippen molar-refractivity contribution in [2.45, 2.75) is 31.4 Å². The molecule has 33 heavy (non-hydrogen) atoms. The number of rotatable bonds is 10. The predicted octanol–water partition coefficient (Wildman–Crippen LogP) is 4.33. The van der Waals surface area contributed by atoms with Crippen molar-refractivity contribution in [2.75, 3.05) is 7.11 Å². The van der Waals surface area contributed by atoms with Gasteiger partial charge < -0.3 is 14.6 Å². The van der Waals surface area contributed by atoms with Gasteiger partial charge in [-0.1, -0.05) is 50.2 Å². The first kappa shape index (κ1) is 24.3. The highest BCUT2D eigenvalue weighted by atomic mass is 32.2. The molecule has 0 saturated carbocycles. The van der Waals surface area contributed by atoms with Crippen LogP contribution in [0.25, 0.3) is 11.1 Å². The minimum absolute atomic E-state index is 0.0105. The summed E-state index contributed by atoms with van der Waals surface area (Å²) in [6, 6.07) is 20.2. The Labute approximate surface area is 194 Å². The first-order valence-electron chi connectivity index (χ1n) is 10.4. The number of hydrogen-bond acceptors (Lipinski definition) is 5. The van der Waals surface area contributed by atoms with Crippen molar-refractivity contribution in [3.63, 3.8) is 0 Å². The van der Waals surface area contributed by atoms with Crippen LogP contribution in [0.5, 0.6) is 11.5 Å². The van der Waals surface area contributed by atoms with Gasteiger partial charge in [0, 0.05) is 0 Å². The van der Waals surface area contributed by atoms with E-state index in [9.17, 15) is 18.3 Å². The maximum Gasteiger partial charge on any atom is 0.322 e. The monoisotopic (exact) mass is 469 g/mol. The van der Waals surface area contributed by atoms with Crippen molar-refractivity contribution >= 4 is 16.0 Å². The van der Waals surface area contributed by atoms with Crippen molar-refractivity contribution in [1.82, 2.24) is 4.72 Å². The van der Waals surface area contributed by atoms with E-state index in [1.807, 2.05) is 48.5 Å². The van der Waals surface area contributed by atoms with Gasteiger partial charge in [0.2, 0.25) is 10.0 Å². The first-order valence-corrected chi connectivity index (χ1v) is 11.9. The second-order valence-corrected chi connectivity index (χ2v) is 9.58. The summed E-state index contributed by atoms with van der Waals surface area (Å²) in [5, 5.41) is 9.25. The van der Waals surface area contributed by atoms with E-state index in [2.05, 4.69) is 4.72 Å². The van der Waals surface area contributed by atoms with E-state index in [-0.39, 0.29) is 10.8 Å². The second kappa shape index (κ2) is 10.5. The van der Waals surface area contributed by atoms with E-state index in [1.54, 1.807) is 33.1 Å². The number of carboxylic acids is 1. The van der Waals surface area contributed by atoms with Gasteiger partial charge in [-0.05, 0) is 59.0 Å². The lowest BCUT2D eigenvalue weighted by atomic mass is 10.1. The van der Waals surface area contributed by atoms with E-state index < -0.39 is 22.0 Å². The molecule has 3 aromatic carbocycles. The van der Waals surface area contributed by atoms with E-state index in [0.717, 1.165) is 22.4 Å². The summed E-state index contributed by atoms with van der Waals surface area (Å²) in [5.74, 6) is -0.117. The quantitative estimate of drug-likeness (QED) is 0.458. The lowest BCUT2D eigenvalue weighted by Crippen LogP contribution is -2.44. The average Bonchev–Trinajstić information content (AvgIpc) is 2.81. The van der Waals surface area contributed by atoms with Crippen LogP contribution >= 0.6 is 0 Å². The summed E-state index contributed by atoms with van der Waals surface area (Å²) in [6.07, 6.45) is 0. The maximum atomic E-state index is 12.6. The predicted molar refractivity (Wildman–Crippen MR) is 126 cm³/mol. The molecule has 0 fully saturated rings. The van der Waals surface area contributed by atoms with Gasteiger partial charge in [0.15, 0.2) is 0 Å². The van der Waals surface area contributed by atoms with Crippen LogP contribution in [0.3, 0.4) is 0 Å². The van der Waals surface area contributed by atoms with Crippen molar-refractivity contribution in [1.29, 1.82) is 0 Å². The van der Waals surface area contributed by atoms with E-state index in [4.69, 9.17) is 9.47 Å². The minimum Gasteiger partial charge on any atom is -0.497 e. The van der Waals surface area contributed by atoms with Crippen LogP contribution in [0.2, 0.25) is 0 Å². The standard InChI is InChI=1S/C25H27NO6S/c1-17(2)24(25(27)28)26-33(29,30)23-13-9-20(10-14-23)19-7-11-21(12-8-19)32-16-18-5-4-6-22(15-18)31-3/h4-15,17,24,26H,16H2,1-3H3,(H,27,28)/t24-/m1/s1. The molecular weight excluding hydrogens is 442 g/mol. The molecule has 0 amide bonds. The van der Waals surface area contributed by atoms with Crippen LogP contribution in [0.15, 0.2) is 77.7 Å². The summed E-state index contributed by atoms with van der Waals surface area (Å²) in [4.78, 5) is 11.3. The molecule has 8 heteroatoms. The third-order valence-corrected chi connectivity index (χ3v) is 6.56. The minimum atomic E-state index is -3.95. The summed E-state index contributed by atoms with van der Waals surface area (Å²) >= 11 is 0. The highest BCUT2D eigenvalue weighted by Crippen LogP contribution is 2.25. The van der Waals surface area contributed by atoms with E-state index in [0.29, 0.717) is 12.4 Å². The van der Waals surface area contributed by atoms with E-state index >= 15 is 0 Å². The Morgan fingerprint density at radius 1 is 0.939 bits per heavy atom. The molecule has 0 aliphatic carbocycles. The van der Waals surface area contributed by atoms with Gasteiger partial charge in [0.05, 0.1) is 12.0 Å².